The molecule has 1 aliphatic carbocycles. The van der Waals surface area contributed by atoms with Gasteiger partial charge in [0.25, 0.3) is 16.0 Å². The summed E-state index contributed by atoms with van der Waals surface area (Å²) in [5.41, 5.74) is -2.48. The first-order valence-electron chi connectivity index (χ1n) is 11.6. The molecule has 0 spiro atoms. The summed E-state index contributed by atoms with van der Waals surface area (Å²) < 4.78 is 29.1. The Bertz CT molecular complexity index is 1490. The molecule has 0 radical (unpaired) electrons. The van der Waals surface area contributed by atoms with Crippen LogP contribution < -0.4 is 5.32 Å². The molecule has 0 aromatic carbocycles. The van der Waals surface area contributed by atoms with E-state index in [-0.39, 0.29) is 17.8 Å². The summed E-state index contributed by atoms with van der Waals surface area (Å²) in [7, 11) is -4.20. The summed E-state index contributed by atoms with van der Waals surface area (Å²) in [5, 5.41) is 34.9. The Kier molecular flexibility index (Phi) is 7.63. The molecule has 14 heteroatoms. The monoisotopic (exact) mass is 566 g/mol. The van der Waals surface area contributed by atoms with Crippen molar-refractivity contribution in [2.24, 2.45) is 0 Å². The highest BCUT2D eigenvalue weighted by atomic mass is 35.5. The number of fused-ring (bicyclic) bond motifs is 1. The van der Waals surface area contributed by atoms with Crippen LogP contribution in [0, 0.1) is 0 Å². The molecule has 5 N–H and O–H groups in total. The van der Waals surface area contributed by atoms with Crippen molar-refractivity contribution < 1.29 is 37.5 Å². The van der Waals surface area contributed by atoms with Gasteiger partial charge in [0.15, 0.2) is 11.4 Å². The number of rotatable bonds is 8. The van der Waals surface area contributed by atoms with Crippen molar-refractivity contribution in [3.05, 3.63) is 58.6 Å². The number of H-pyrrole nitrogens is 1. The quantitative estimate of drug-likeness (QED) is 0.242. The van der Waals surface area contributed by atoms with Gasteiger partial charge in [0.2, 0.25) is 0 Å². The third kappa shape index (κ3) is 6.03. The van der Waals surface area contributed by atoms with Crippen LogP contribution in [0.5, 0.6) is 0 Å². The minimum Gasteiger partial charge on any atom is -0.390 e. The Morgan fingerprint density at radius 1 is 1.29 bits per heavy atom. The van der Waals surface area contributed by atoms with E-state index < -0.39 is 64.5 Å². The van der Waals surface area contributed by atoms with Crippen LogP contribution in [-0.4, -0.2) is 80.0 Å². The molecule has 3 aromatic rings. The molecule has 1 amide bonds. The van der Waals surface area contributed by atoms with Crippen LogP contribution in [-0.2, 0) is 32.1 Å². The molecule has 3 aromatic heterocycles. The van der Waals surface area contributed by atoms with E-state index in [0.717, 1.165) is 6.26 Å². The van der Waals surface area contributed by atoms with E-state index in [1.807, 2.05) is 0 Å². The lowest BCUT2D eigenvalue weighted by Crippen LogP contribution is -2.63. The number of hydrogen-bond acceptors (Lipinski definition) is 10. The van der Waals surface area contributed by atoms with Gasteiger partial charge in [-0.15, -0.1) is 0 Å². The Balaban J connectivity index is 1.50. The van der Waals surface area contributed by atoms with Gasteiger partial charge in [-0.3, -0.25) is 18.8 Å². The lowest BCUT2D eigenvalue weighted by Gasteiger charge is -2.46. The normalized spacial score (nSPS) is 25.8. The summed E-state index contributed by atoms with van der Waals surface area (Å²) in [4.78, 5) is 37.4. The Labute approximate surface area is 223 Å². The first kappa shape index (κ1) is 28.1. The number of pyridine rings is 2. The SMILES string of the molecule is C[C@@]1(O)CC(OS(C)(=O)=O)(C(=O)Cc2cc(C(=O)NCc3cnc4[nH]cc(Cl)c4c3)ccn2)C[C@@H](O)C1O. The van der Waals surface area contributed by atoms with Gasteiger partial charge in [0.1, 0.15) is 11.8 Å². The second kappa shape index (κ2) is 10.3. The number of halogens is 1. The van der Waals surface area contributed by atoms with Crippen LogP contribution in [0.4, 0.5) is 0 Å². The number of carbonyl (C=O) groups excluding carboxylic acids is 2. The van der Waals surface area contributed by atoms with Gasteiger partial charge in [-0.2, -0.15) is 8.42 Å². The largest absolute Gasteiger partial charge is 0.390 e. The van der Waals surface area contributed by atoms with Crippen LogP contribution in [0.2, 0.25) is 5.02 Å². The Hall–Kier alpha value is -2.94. The van der Waals surface area contributed by atoms with Gasteiger partial charge in [0.05, 0.1) is 29.4 Å². The predicted octanol–water partition coefficient (Wildman–Crippen LogP) is 0.634. The molecule has 3 heterocycles. The fourth-order valence-corrected chi connectivity index (χ4v) is 5.67. The maximum absolute atomic E-state index is 13.4. The first-order valence-corrected chi connectivity index (χ1v) is 13.8. The van der Waals surface area contributed by atoms with Crippen molar-refractivity contribution in [2.45, 2.75) is 56.1 Å². The second-order valence-corrected chi connectivity index (χ2v) is 11.7. The van der Waals surface area contributed by atoms with Crippen molar-refractivity contribution in [1.82, 2.24) is 20.3 Å². The van der Waals surface area contributed by atoms with Gasteiger partial charge in [-0.05, 0) is 30.7 Å². The van der Waals surface area contributed by atoms with Gasteiger partial charge in [-0.25, -0.2) is 4.98 Å². The van der Waals surface area contributed by atoms with Crippen LogP contribution >= 0.6 is 11.6 Å². The highest BCUT2D eigenvalue weighted by Gasteiger charge is 2.56. The highest BCUT2D eigenvalue weighted by Crippen LogP contribution is 2.40. The van der Waals surface area contributed by atoms with E-state index in [4.69, 9.17) is 15.8 Å². The van der Waals surface area contributed by atoms with Crippen LogP contribution in [0.15, 0.2) is 36.8 Å². The van der Waals surface area contributed by atoms with E-state index in [2.05, 4.69) is 20.3 Å². The van der Waals surface area contributed by atoms with Crippen molar-refractivity contribution in [3.8, 4) is 0 Å². The number of Topliss-reactive ketones (excluding diaryl/α,β-unsaturated/α-hetero) is 1. The predicted molar refractivity (Wildman–Crippen MR) is 136 cm³/mol. The minimum atomic E-state index is -4.20. The molecule has 2 unspecified atom stereocenters. The van der Waals surface area contributed by atoms with Gasteiger partial charge in [-0.1, -0.05) is 11.6 Å². The number of nitrogens with one attached hydrogen (secondary N) is 2. The number of nitrogens with zero attached hydrogens (tertiary/aromatic N) is 2. The number of ketones is 1. The summed E-state index contributed by atoms with van der Waals surface area (Å²) in [6, 6.07) is 4.62. The summed E-state index contributed by atoms with van der Waals surface area (Å²) in [5.74, 6) is -1.25. The van der Waals surface area contributed by atoms with Crippen molar-refractivity contribution in [1.29, 1.82) is 0 Å². The fraction of sp³-hybridized carbons (Fsp3) is 0.417. The number of aliphatic hydroxyl groups excluding tert-OH is 2. The smallest absolute Gasteiger partial charge is 0.265 e. The molecule has 4 atom stereocenters. The van der Waals surface area contributed by atoms with E-state index in [1.54, 1.807) is 18.5 Å². The van der Waals surface area contributed by atoms with Gasteiger partial charge >= 0.3 is 0 Å². The van der Waals surface area contributed by atoms with Crippen molar-refractivity contribution in [3.63, 3.8) is 0 Å². The Morgan fingerprint density at radius 3 is 2.71 bits per heavy atom. The van der Waals surface area contributed by atoms with E-state index in [9.17, 15) is 33.3 Å². The molecule has 38 heavy (non-hydrogen) atoms. The average molecular weight is 567 g/mol. The number of amides is 1. The molecule has 1 fully saturated rings. The number of hydrogen-bond donors (Lipinski definition) is 5. The lowest BCUT2D eigenvalue weighted by molar-refractivity contribution is -0.193. The Morgan fingerprint density at radius 2 is 2.03 bits per heavy atom. The van der Waals surface area contributed by atoms with E-state index >= 15 is 0 Å². The summed E-state index contributed by atoms with van der Waals surface area (Å²) in [6.45, 7) is 1.33. The van der Waals surface area contributed by atoms with Gasteiger partial charge in [0, 0.05) is 54.6 Å². The first-order chi connectivity index (χ1) is 17.7. The molecular formula is C24H27ClN4O8S. The topological polar surface area (TPSA) is 192 Å². The third-order valence-electron chi connectivity index (χ3n) is 6.41. The number of carbonyl (C=O) groups is 2. The fourth-order valence-electron chi connectivity index (χ4n) is 4.67. The van der Waals surface area contributed by atoms with Gasteiger partial charge < -0.3 is 25.6 Å². The zero-order chi connectivity index (χ0) is 27.9. The zero-order valence-corrected chi connectivity index (χ0v) is 22.1. The summed E-state index contributed by atoms with van der Waals surface area (Å²) >= 11 is 6.12. The molecule has 12 nitrogen and oxygen atoms in total. The zero-order valence-electron chi connectivity index (χ0n) is 20.5. The third-order valence-corrected chi connectivity index (χ3v) is 7.35. The molecule has 0 aliphatic heterocycles. The maximum atomic E-state index is 13.4. The summed E-state index contributed by atoms with van der Waals surface area (Å²) in [6.07, 6.45) is 0.460. The minimum absolute atomic E-state index is 0.140. The maximum Gasteiger partial charge on any atom is 0.265 e. The molecule has 0 bridgehead atoms. The number of aliphatic hydroxyl groups is 3. The number of aromatic nitrogens is 3. The molecule has 4 rings (SSSR count). The van der Waals surface area contributed by atoms with E-state index in [0.29, 0.717) is 21.6 Å². The van der Waals surface area contributed by atoms with Crippen LogP contribution in [0.3, 0.4) is 0 Å². The van der Waals surface area contributed by atoms with Crippen molar-refractivity contribution in [2.75, 3.05) is 6.26 Å². The van der Waals surface area contributed by atoms with Crippen molar-refractivity contribution >= 4 is 44.4 Å². The lowest BCUT2D eigenvalue weighted by atomic mass is 9.70. The van der Waals surface area contributed by atoms with E-state index in [1.165, 1.54) is 25.3 Å². The molecule has 204 valence electrons. The molecular weight excluding hydrogens is 540 g/mol. The molecule has 1 saturated carbocycles. The van der Waals surface area contributed by atoms with Crippen LogP contribution in [0.1, 0.15) is 41.4 Å². The second-order valence-electron chi connectivity index (χ2n) is 9.73. The highest BCUT2D eigenvalue weighted by molar-refractivity contribution is 7.86. The number of aromatic amines is 1. The standard InChI is InChI=1S/C24H27ClN4O8S/c1-23(34)12-24(37-38(2,35)36,8-18(30)20(23)32)19(31)7-15-6-14(3-4-26-15)22(33)29-10-13-5-16-17(25)11-28-21(16)27-9-13/h3-6,9,11,18,20,30,32,34H,7-8,10,12H2,1-2H3,(H,27,28)(H,29,33)/t18-,20?,23-,24?/m1/s1. The van der Waals surface area contributed by atoms with Crippen LogP contribution in [0.25, 0.3) is 11.0 Å². The molecule has 0 saturated heterocycles. The molecule has 1 aliphatic rings. The average Bonchev–Trinajstić information content (AvgIpc) is 3.20.